The van der Waals surface area contributed by atoms with Crippen LogP contribution in [0, 0.1) is 3.57 Å². The van der Waals surface area contributed by atoms with Crippen molar-refractivity contribution in [1.82, 2.24) is 0 Å². The van der Waals surface area contributed by atoms with E-state index in [1.165, 1.54) is 6.92 Å². The molecular weight excluding hydrogens is 355 g/mol. The Kier molecular flexibility index (Phi) is 4.75. The van der Waals surface area contributed by atoms with Crippen molar-refractivity contribution < 1.29 is 13.2 Å². The van der Waals surface area contributed by atoms with Crippen molar-refractivity contribution in [2.75, 3.05) is 16.6 Å². The van der Waals surface area contributed by atoms with Crippen LogP contribution in [0.25, 0.3) is 0 Å². The molecule has 0 aliphatic carbocycles. The fraction of sp³-hybridized carbons (Fsp3) is 0.300. The minimum atomic E-state index is -3.50. The van der Waals surface area contributed by atoms with Gasteiger partial charge < -0.3 is 5.73 Å². The molecule has 0 saturated carbocycles. The lowest BCUT2D eigenvalue weighted by atomic mass is 10.3. The summed E-state index contributed by atoms with van der Waals surface area (Å²) >= 11 is 2.02. The smallest absolute Gasteiger partial charge is 0.238 e. The fourth-order valence-electron chi connectivity index (χ4n) is 1.28. The van der Waals surface area contributed by atoms with Crippen LogP contribution in [0.1, 0.15) is 6.92 Å². The van der Waals surface area contributed by atoms with Crippen LogP contribution in [0.2, 0.25) is 0 Å². The molecule has 1 amide bonds. The molecule has 0 bridgehead atoms. The summed E-state index contributed by atoms with van der Waals surface area (Å²) in [6.07, 6.45) is 0. The fourth-order valence-corrected chi connectivity index (χ4v) is 3.22. The van der Waals surface area contributed by atoms with Crippen molar-refractivity contribution in [2.24, 2.45) is 5.73 Å². The first-order valence-electron chi connectivity index (χ1n) is 4.91. The van der Waals surface area contributed by atoms with Gasteiger partial charge in [-0.1, -0.05) is 12.1 Å². The summed E-state index contributed by atoms with van der Waals surface area (Å²) in [7, 11) is -3.50. The Morgan fingerprint density at radius 2 is 2.00 bits per heavy atom. The number of hydrogen-bond donors (Lipinski definition) is 1. The van der Waals surface area contributed by atoms with Crippen LogP contribution in [0.4, 0.5) is 5.69 Å². The van der Waals surface area contributed by atoms with Crippen LogP contribution in [0.15, 0.2) is 24.3 Å². The van der Waals surface area contributed by atoms with E-state index < -0.39 is 15.9 Å². The first-order chi connectivity index (χ1) is 7.88. The lowest BCUT2D eigenvalue weighted by molar-refractivity contribution is -0.116. The number of halogens is 1. The van der Waals surface area contributed by atoms with Gasteiger partial charge in [0.1, 0.15) is 6.54 Å². The van der Waals surface area contributed by atoms with E-state index >= 15 is 0 Å². The predicted octanol–water partition coefficient (Wildman–Crippen LogP) is 0.933. The quantitative estimate of drug-likeness (QED) is 0.786. The Morgan fingerprint density at radius 1 is 1.41 bits per heavy atom. The molecule has 0 fully saturated rings. The molecule has 0 saturated heterocycles. The highest BCUT2D eigenvalue weighted by atomic mass is 127. The van der Waals surface area contributed by atoms with Crippen molar-refractivity contribution in [1.29, 1.82) is 0 Å². The second-order valence-electron chi connectivity index (χ2n) is 3.32. The van der Waals surface area contributed by atoms with Crippen LogP contribution in [0.3, 0.4) is 0 Å². The number of carbonyl (C=O) groups excluding carboxylic acids is 1. The molecule has 1 rings (SSSR count). The van der Waals surface area contributed by atoms with E-state index in [9.17, 15) is 13.2 Å². The zero-order valence-corrected chi connectivity index (χ0v) is 12.2. The van der Waals surface area contributed by atoms with Gasteiger partial charge in [-0.2, -0.15) is 0 Å². The number of para-hydroxylation sites is 1. The van der Waals surface area contributed by atoms with E-state index in [2.05, 4.69) is 0 Å². The molecule has 0 aliphatic rings. The lowest BCUT2D eigenvalue weighted by Gasteiger charge is -2.23. The van der Waals surface area contributed by atoms with Gasteiger partial charge in [-0.25, -0.2) is 8.42 Å². The van der Waals surface area contributed by atoms with Gasteiger partial charge in [0.2, 0.25) is 15.9 Å². The summed E-state index contributed by atoms with van der Waals surface area (Å²) in [6.45, 7) is 1.19. The van der Waals surface area contributed by atoms with Gasteiger partial charge in [0, 0.05) is 3.57 Å². The number of nitrogens with two attached hydrogens (primary N) is 1. The molecule has 0 heterocycles. The van der Waals surface area contributed by atoms with Crippen molar-refractivity contribution in [2.45, 2.75) is 6.92 Å². The predicted molar refractivity (Wildman–Crippen MR) is 75.2 cm³/mol. The van der Waals surface area contributed by atoms with E-state index in [1.807, 2.05) is 22.6 Å². The van der Waals surface area contributed by atoms with Crippen molar-refractivity contribution in [3.63, 3.8) is 0 Å². The minimum absolute atomic E-state index is 0.0781. The topological polar surface area (TPSA) is 80.5 Å². The van der Waals surface area contributed by atoms with E-state index in [0.717, 1.165) is 7.88 Å². The molecule has 0 radical (unpaired) electrons. The Bertz CT molecular complexity index is 516. The third-order valence-corrected chi connectivity index (χ3v) is 4.76. The van der Waals surface area contributed by atoms with E-state index in [-0.39, 0.29) is 12.3 Å². The summed E-state index contributed by atoms with van der Waals surface area (Å²) in [5.41, 5.74) is 5.56. The number of anilines is 1. The second-order valence-corrected chi connectivity index (χ2v) is 6.67. The molecular formula is C10H13IN2O3S. The summed E-state index contributed by atoms with van der Waals surface area (Å²) in [4.78, 5) is 11.0. The Morgan fingerprint density at radius 3 is 2.47 bits per heavy atom. The molecule has 7 heteroatoms. The molecule has 0 aliphatic heterocycles. The highest BCUT2D eigenvalue weighted by molar-refractivity contribution is 14.1. The molecule has 1 aromatic rings. The van der Waals surface area contributed by atoms with Crippen molar-refractivity contribution in [3.05, 3.63) is 27.8 Å². The third kappa shape index (κ3) is 3.56. The van der Waals surface area contributed by atoms with Gasteiger partial charge in [0.15, 0.2) is 0 Å². The number of hydrogen-bond acceptors (Lipinski definition) is 3. The average molecular weight is 368 g/mol. The van der Waals surface area contributed by atoms with Crippen molar-refractivity contribution >= 4 is 44.2 Å². The first-order valence-corrected chi connectivity index (χ1v) is 7.60. The summed E-state index contributed by atoms with van der Waals surface area (Å²) < 4.78 is 25.6. The number of sulfonamides is 1. The molecule has 0 spiro atoms. The molecule has 0 aromatic heterocycles. The third-order valence-electron chi connectivity index (χ3n) is 2.12. The number of rotatable bonds is 5. The number of nitrogens with zero attached hydrogens (tertiary/aromatic N) is 1. The lowest BCUT2D eigenvalue weighted by Crippen LogP contribution is -2.39. The van der Waals surface area contributed by atoms with E-state index in [4.69, 9.17) is 5.73 Å². The highest BCUT2D eigenvalue weighted by Crippen LogP contribution is 2.24. The van der Waals surface area contributed by atoms with Crippen LogP contribution < -0.4 is 10.0 Å². The van der Waals surface area contributed by atoms with Gasteiger partial charge in [0.25, 0.3) is 0 Å². The SMILES string of the molecule is CCS(=O)(=O)N(CC(N)=O)c1ccccc1I. The number of primary amides is 1. The molecule has 2 N–H and O–H groups in total. The van der Waals surface area contributed by atoms with E-state index in [0.29, 0.717) is 5.69 Å². The zero-order valence-electron chi connectivity index (χ0n) is 9.26. The molecule has 17 heavy (non-hydrogen) atoms. The summed E-state index contributed by atoms with van der Waals surface area (Å²) in [5.74, 6) is -0.757. The standard InChI is InChI=1S/C10H13IN2O3S/c1-2-17(15,16)13(7-10(12)14)9-6-4-3-5-8(9)11/h3-6H,2,7H2,1H3,(H2,12,14). The normalized spacial score (nSPS) is 11.2. The largest absolute Gasteiger partial charge is 0.368 e. The zero-order chi connectivity index (χ0) is 13.1. The second kappa shape index (κ2) is 5.67. The minimum Gasteiger partial charge on any atom is -0.368 e. The van der Waals surface area contributed by atoms with Gasteiger partial charge in [-0.15, -0.1) is 0 Å². The van der Waals surface area contributed by atoms with Crippen LogP contribution in [0.5, 0.6) is 0 Å². The number of amides is 1. The highest BCUT2D eigenvalue weighted by Gasteiger charge is 2.23. The van der Waals surface area contributed by atoms with Crippen LogP contribution in [-0.4, -0.2) is 26.6 Å². The Balaban J connectivity index is 3.25. The maximum atomic E-state index is 11.9. The first kappa shape index (κ1) is 14.2. The summed E-state index contributed by atoms with van der Waals surface area (Å²) in [5, 5.41) is 0. The monoisotopic (exact) mass is 368 g/mol. The van der Waals surface area contributed by atoms with Gasteiger partial charge >= 0.3 is 0 Å². The van der Waals surface area contributed by atoms with Crippen LogP contribution >= 0.6 is 22.6 Å². The number of carbonyl (C=O) groups is 1. The number of benzene rings is 1. The van der Waals surface area contributed by atoms with Gasteiger partial charge in [-0.3, -0.25) is 9.10 Å². The Labute approximate surface area is 114 Å². The molecule has 1 aromatic carbocycles. The molecule has 0 atom stereocenters. The van der Waals surface area contributed by atoms with Crippen LogP contribution in [-0.2, 0) is 14.8 Å². The molecule has 94 valence electrons. The maximum absolute atomic E-state index is 11.9. The van der Waals surface area contributed by atoms with E-state index in [1.54, 1.807) is 24.3 Å². The van der Waals surface area contributed by atoms with Gasteiger partial charge in [-0.05, 0) is 41.6 Å². The summed E-state index contributed by atoms with van der Waals surface area (Å²) in [6, 6.07) is 6.94. The average Bonchev–Trinajstić information content (AvgIpc) is 2.26. The molecule has 5 nitrogen and oxygen atoms in total. The van der Waals surface area contributed by atoms with Crippen molar-refractivity contribution in [3.8, 4) is 0 Å². The Hall–Kier alpha value is -0.830. The molecule has 0 unspecified atom stereocenters. The van der Waals surface area contributed by atoms with Gasteiger partial charge in [0.05, 0.1) is 11.4 Å². The maximum Gasteiger partial charge on any atom is 0.238 e.